The van der Waals surface area contributed by atoms with Crippen LogP contribution in [0.2, 0.25) is 10.0 Å². The normalized spacial score (nSPS) is 10.7. The average Bonchev–Trinajstić information content (AvgIpc) is 2.90. The van der Waals surface area contributed by atoms with Crippen LogP contribution in [0.3, 0.4) is 0 Å². The Hall–Kier alpha value is -4.86. The molecule has 3 N–H and O–H groups in total. The van der Waals surface area contributed by atoms with Gasteiger partial charge in [0.05, 0.1) is 22.9 Å². The number of carbonyl (C=O) groups is 3. The molecule has 4 aromatic carbocycles. The topological polar surface area (TPSA) is 135 Å². The van der Waals surface area contributed by atoms with E-state index in [1.165, 1.54) is 72.9 Å². The van der Waals surface area contributed by atoms with E-state index in [1.54, 1.807) is 12.1 Å². The van der Waals surface area contributed by atoms with Crippen molar-refractivity contribution in [2.75, 3.05) is 0 Å². The Morgan fingerprint density at radius 1 is 0.744 bits per heavy atom. The summed E-state index contributed by atoms with van der Waals surface area (Å²) in [7, 11) is 0. The summed E-state index contributed by atoms with van der Waals surface area (Å²) in [4.78, 5) is 37.6. The van der Waals surface area contributed by atoms with E-state index in [0.717, 1.165) is 6.07 Å². The van der Waals surface area contributed by atoms with Gasteiger partial charge in [0, 0.05) is 27.7 Å². The summed E-state index contributed by atoms with van der Waals surface area (Å²) in [6.07, 6.45) is 1.20. The molecule has 4 aromatic rings. The third-order valence-corrected chi connectivity index (χ3v) is 5.66. The van der Waals surface area contributed by atoms with Crippen molar-refractivity contribution in [1.82, 2.24) is 5.43 Å². The number of hydrogen-bond donors (Lipinski definition) is 3. The highest BCUT2D eigenvalue weighted by molar-refractivity contribution is 6.31. The number of nitrogens with zero attached hydrogens (tertiary/aromatic N) is 1. The highest BCUT2D eigenvalue weighted by atomic mass is 35.5. The van der Waals surface area contributed by atoms with Gasteiger partial charge in [-0.1, -0.05) is 23.2 Å². The number of benzene rings is 4. The molecule has 0 unspecified atom stereocenters. The number of phenolic OH excluding ortho intramolecular Hbond substituents is 2. The Balaban J connectivity index is 1.57. The van der Waals surface area contributed by atoms with Crippen LogP contribution in [0.5, 0.6) is 23.0 Å². The number of amides is 1. The standard InChI is InChI=1S/C28H18Cl2N2O7/c29-19-6-1-16(2-7-19)27(36)38-22-11-5-18(15-31-32-26(35)23-12-10-21(33)13-24(23)34)25(14-22)39-28(37)17-3-8-20(30)9-4-17/h1-15,33-34H,(H,32,35). The number of phenols is 2. The van der Waals surface area contributed by atoms with Crippen LogP contribution in [0.4, 0.5) is 0 Å². The maximum Gasteiger partial charge on any atom is 0.343 e. The van der Waals surface area contributed by atoms with Crippen molar-refractivity contribution in [3.05, 3.63) is 117 Å². The second-order valence-electron chi connectivity index (χ2n) is 7.89. The first kappa shape index (κ1) is 27.2. The highest BCUT2D eigenvalue weighted by Gasteiger charge is 2.16. The SMILES string of the molecule is O=C(Oc1ccc(C=NNC(=O)c2ccc(O)cc2O)c(OC(=O)c2ccc(Cl)cc2)c1)c1ccc(Cl)cc1. The second kappa shape index (κ2) is 12.1. The number of hydrogen-bond acceptors (Lipinski definition) is 8. The minimum atomic E-state index is -0.753. The van der Waals surface area contributed by atoms with E-state index in [2.05, 4.69) is 10.5 Å². The zero-order chi connectivity index (χ0) is 27.9. The Labute approximate surface area is 231 Å². The van der Waals surface area contributed by atoms with Crippen molar-refractivity contribution in [2.45, 2.75) is 0 Å². The van der Waals surface area contributed by atoms with Gasteiger partial charge in [0.1, 0.15) is 23.0 Å². The average molecular weight is 565 g/mol. The molecule has 0 saturated heterocycles. The number of halogens is 2. The summed E-state index contributed by atoms with van der Waals surface area (Å²) in [6, 6.07) is 19.8. The van der Waals surface area contributed by atoms with Gasteiger partial charge in [-0.05, 0) is 72.8 Å². The molecule has 1 amide bonds. The van der Waals surface area contributed by atoms with Crippen LogP contribution in [-0.4, -0.2) is 34.3 Å². The molecular weight excluding hydrogens is 547 g/mol. The Morgan fingerprint density at radius 2 is 1.33 bits per heavy atom. The largest absolute Gasteiger partial charge is 0.508 e. The summed E-state index contributed by atoms with van der Waals surface area (Å²) >= 11 is 11.8. The van der Waals surface area contributed by atoms with E-state index < -0.39 is 23.6 Å². The number of nitrogens with one attached hydrogen (secondary N) is 1. The molecule has 0 saturated carbocycles. The molecule has 0 aliphatic heterocycles. The van der Waals surface area contributed by atoms with E-state index in [-0.39, 0.29) is 39.5 Å². The molecule has 0 radical (unpaired) electrons. The first-order valence-electron chi connectivity index (χ1n) is 11.1. The van der Waals surface area contributed by atoms with Crippen molar-refractivity contribution in [2.24, 2.45) is 5.10 Å². The number of carbonyl (C=O) groups excluding carboxylic acids is 3. The van der Waals surface area contributed by atoms with Gasteiger partial charge < -0.3 is 19.7 Å². The van der Waals surface area contributed by atoms with Crippen LogP contribution in [0, 0.1) is 0 Å². The fourth-order valence-electron chi connectivity index (χ4n) is 3.20. The van der Waals surface area contributed by atoms with Crippen LogP contribution in [-0.2, 0) is 0 Å². The lowest BCUT2D eigenvalue weighted by molar-refractivity contribution is 0.0731. The van der Waals surface area contributed by atoms with Gasteiger partial charge in [-0.3, -0.25) is 4.79 Å². The van der Waals surface area contributed by atoms with Crippen molar-refractivity contribution in [3.63, 3.8) is 0 Å². The van der Waals surface area contributed by atoms with E-state index in [9.17, 15) is 24.6 Å². The summed E-state index contributed by atoms with van der Waals surface area (Å²) in [5, 5.41) is 24.0. The lowest BCUT2D eigenvalue weighted by Gasteiger charge is -2.11. The first-order chi connectivity index (χ1) is 18.7. The number of aromatic hydroxyl groups is 2. The van der Waals surface area contributed by atoms with Crippen LogP contribution in [0.25, 0.3) is 0 Å². The smallest absolute Gasteiger partial charge is 0.343 e. The summed E-state index contributed by atoms with van der Waals surface area (Å²) in [6.45, 7) is 0. The second-order valence-corrected chi connectivity index (χ2v) is 8.77. The Kier molecular flexibility index (Phi) is 8.45. The number of esters is 2. The predicted molar refractivity (Wildman–Crippen MR) is 144 cm³/mol. The molecule has 9 nitrogen and oxygen atoms in total. The van der Waals surface area contributed by atoms with Crippen molar-refractivity contribution >= 4 is 47.3 Å². The van der Waals surface area contributed by atoms with Gasteiger partial charge in [0.25, 0.3) is 5.91 Å². The maximum absolute atomic E-state index is 12.7. The minimum Gasteiger partial charge on any atom is -0.508 e. The molecule has 39 heavy (non-hydrogen) atoms. The van der Waals surface area contributed by atoms with Gasteiger partial charge in [-0.2, -0.15) is 5.10 Å². The minimum absolute atomic E-state index is 0.0261. The molecule has 0 spiro atoms. The lowest BCUT2D eigenvalue weighted by Crippen LogP contribution is -2.18. The third kappa shape index (κ3) is 7.13. The monoisotopic (exact) mass is 564 g/mol. The molecule has 4 rings (SSSR count). The van der Waals surface area contributed by atoms with Gasteiger partial charge in [-0.15, -0.1) is 0 Å². The van der Waals surface area contributed by atoms with Crippen molar-refractivity contribution < 1.29 is 34.1 Å². The van der Waals surface area contributed by atoms with Crippen molar-refractivity contribution in [3.8, 4) is 23.0 Å². The number of rotatable bonds is 7. The van der Waals surface area contributed by atoms with Gasteiger partial charge in [0.2, 0.25) is 0 Å². The summed E-state index contributed by atoms with van der Waals surface area (Å²) in [5.41, 5.74) is 2.83. The zero-order valence-corrected chi connectivity index (χ0v) is 21.3. The number of hydrazone groups is 1. The van der Waals surface area contributed by atoms with Gasteiger partial charge >= 0.3 is 11.9 Å². The summed E-state index contributed by atoms with van der Waals surface area (Å²) in [5.74, 6) is -2.74. The van der Waals surface area contributed by atoms with Crippen LogP contribution in [0.1, 0.15) is 36.6 Å². The van der Waals surface area contributed by atoms with Crippen LogP contribution >= 0.6 is 23.2 Å². The Bertz CT molecular complexity index is 1570. The lowest BCUT2D eigenvalue weighted by atomic mass is 10.2. The maximum atomic E-state index is 12.7. The highest BCUT2D eigenvalue weighted by Crippen LogP contribution is 2.26. The summed E-state index contributed by atoms with van der Waals surface area (Å²) < 4.78 is 10.9. The van der Waals surface area contributed by atoms with E-state index in [4.69, 9.17) is 32.7 Å². The molecule has 0 fully saturated rings. The quantitative estimate of drug-likeness (QED) is 0.115. The van der Waals surface area contributed by atoms with Gasteiger partial charge in [0.15, 0.2) is 0 Å². The molecule has 0 aromatic heterocycles. The molecule has 196 valence electrons. The molecule has 0 heterocycles. The van der Waals surface area contributed by atoms with Gasteiger partial charge in [-0.25, -0.2) is 15.0 Å². The number of ether oxygens (including phenoxy) is 2. The van der Waals surface area contributed by atoms with E-state index in [0.29, 0.717) is 10.0 Å². The third-order valence-electron chi connectivity index (χ3n) is 5.15. The van der Waals surface area contributed by atoms with Crippen LogP contribution in [0.15, 0.2) is 90.0 Å². The van der Waals surface area contributed by atoms with E-state index in [1.807, 2.05) is 0 Å². The fourth-order valence-corrected chi connectivity index (χ4v) is 3.45. The first-order valence-corrected chi connectivity index (χ1v) is 11.9. The van der Waals surface area contributed by atoms with Crippen LogP contribution < -0.4 is 14.9 Å². The van der Waals surface area contributed by atoms with E-state index >= 15 is 0 Å². The van der Waals surface area contributed by atoms with Crippen molar-refractivity contribution in [1.29, 1.82) is 0 Å². The zero-order valence-electron chi connectivity index (χ0n) is 19.8. The molecule has 0 aliphatic carbocycles. The molecule has 0 aliphatic rings. The molecule has 0 atom stereocenters. The predicted octanol–water partition coefficient (Wildman–Crippen LogP) is 5.61. The fraction of sp³-hybridized carbons (Fsp3) is 0. The molecule has 11 heteroatoms. The molecule has 0 bridgehead atoms. The molecular formula is C28H18Cl2N2O7. The Morgan fingerprint density at radius 3 is 1.92 bits per heavy atom.